The van der Waals surface area contributed by atoms with E-state index in [1.165, 1.54) is 10.7 Å². The Morgan fingerprint density at radius 1 is 1.26 bits per heavy atom. The van der Waals surface area contributed by atoms with Crippen LogP contribution in [-0.2, 0) is 0 Å². The van der Waals surface area contributed by atoms with E-state index in [1.54, 1.807) is 30.5 Å². The number of halogens is 1. The molecule has 5 heteroatoms. The van der Waals surface area contributed by atoms with Gasteiger partial charge in [0.2, 0.25) is 0 Å². The van der Waals surface area contributed by atoms with Crippen molar-refractivity contribution in [1.29, 1.82) is 0 Å². The number of hydrogen-bond donors (Lipinski definition) is 1. The van der Waals surface area contributed by atoms with Gasteiger partial charge in [0.05, 0.1) is 12.0 Å². The molecule has 0 unspecified atom stereocenters. The van der Waals surface area contributed by atoms with E-state index in [1.807, 2.05) is 13.0 Å². The smallest absolute Gasteiger partial charge is 0.148 e. The number of furan rings is 1. The summed E-state index contributed by atoms with van der Waals surface area (Å²) >= 11 is 0. The monoisotopic (exact) mass is 257 g/mol. The third kappa shape index (κ3) is 1.89. The van der Waals surface area contributed by atoms with E-state index in [0.29, 0.717) is 17.2 Å². The summed E-state index contributed by atoms with van der Waals surface area (Å²) in [6, 6.07) is 9.87. The predicted molar refractivity (Wildman–Crippen MR) is 70.4 cm³/mol. The van der Waals surface area contributed by atoms with Crippen molar-refractivity contribution in [2.45, 2.75) is 6.92 Å². The second kappa shape index (κ2) is 4.28. The van der Waals surface area contributed by atoms with E-state index < -0.39 is 0 Å². The van der Waals surface area contributed by atoms with Gasteiger partial charge in [-0.1, -0.05) is 12.1 Å². The van der Waals surface area contributed by atoms with Crippen LogP contribution in [0.1, 0.15) is 5.76 Å². The second-order valence-electron chi connectivity index (χ2n) is 4.21. The van der Waals surface area contributed by atoms with E-state index >= 15 is 0 Å². The van der Waals surface area contributed by atoms with Crippen LogP contribution in [0.4, 0.5) is 10.2 Å². The van der Waals surface area contributed by atoms with Gasteiger partial charge in [-0.3, -0.25) is 0 Å². The molecule has 0 atom stereocenters. The Balaban J connectivity index is 2.13. The van der Waals surface area contributed by atoms with Crippen molar-refractivity contribution in [1.82, 2.24) is 9.78 Å². The molecule has 0 spiro atoms. The average Bonchev–Trinajstić information content (AvgIpc) is 2.96. The van der Waals surface area contributed by atoms with Crippen molar-refractivity contribution in [3.05, 3.63) is 54.2 Å². The van der Waals surface area contributed by atoms with Crippen molar-refractivity contribution >= 4 is 5.82 Å². The summed E-state index contributed by atoms with van der Waals surface area (Å²) in [5.74, 6) is 0.756. The lowest BCUT2D eigenvalue weighted by Crippen LogP contribution is -2.03. The molecule has 3 rings (SSSR count). The van der Waals surface area contributed by atoms with E-state index in [4.69, 9.17) is 10.2 Å². The number of hydrogen-bond acceptors (Lipinski definition) is 3. The number of nitrogen functional groups attached to an aromatic ring is 1. The molecule has 96 valence electrons. The summed E-state index contributed by atoms with van der Waals surface area (Å²) in [5, 5.41) is 4.34. The first-order chi connectivity index (χ1) is 9.16. The van der Waals surface area contributed by atoms with Gasteiger partial charge in [0.25, 0.3) is 0 Å². The van der Waals surface area contributed by atoms with Gasteiger partial charge in [0.15, 0.2) is 0 Å². The molecule has 0 radical (unpaired) electrons. The van der Waals surface area contributed by atoms with E-state index in [9.17, 15) is 4.39 Å². The van der Waals surface area contributed by atoms with Gasteiger partial charge in [-0.05, 0) is 25.1 Å². The first-order valence-electron chi connectivity index (χ1n) is 5.82. The molecule has 1 aromatic carbocycles. The maximum absolute atomic E-state index is 13.8. The Bertz CT molecular complexity index is 730. The zero-order valence-electron chi connectivity index (χ0n) is 10.3. The topological polar surface area (TPSA) is 57.0 Å². The Hall–Kier alpha value is -2.56. The van der Waals surface area contributed by atoms with Crippen molar-refractivity contribution in [3.63, 3.8) is 0 Å². The fraction of sp³-hybridized carbons (Fsp3) is 0.0714. The fourth-order valence-electron chi connectivity index (χ4n) is 1.99. The van der Waals surface area contributed by atoms with Gasteiger partial charge >= 0.3 is 0 Å². The summed E-state index contributed by atoms with van der Waals surface area (Å²) in [7, 11) is 0. The maximum atomic E-state index is 13.8. The Morgan fingerprint density at radius 2 is 2.05 bits per heavy atom. The van der Waals surface area contributed by atoms with Crippen molar-refractivity contribution < 1.29 is 8.81 Å². The third-order valence-corrected chi connectivity index (χ3v) is 2.95. The van der Waals surface area contributed by atoms with E-state index in [2.05, 4.69) is 5.10 Å². The molecule has 2 aromatic heterocycles. The quantitative estimate of drug-likeness (QED) is 0.767. The molecule has 0 aliphatic heterocycles. The van der Waals surface area contributed by atoms with Crippen molar-refractivity contribution in [3.8, 4) is 16.9 Å². The number of nitrogens with zero attached hydrogens (tertiary/aromatic N) is 2. The lowest BCUT2D eigenvalue weighted by atomic mass is 10.2. The lowest BCUT2D eigenvalue weighted by molar-refractivity contribution is 0.535. The standard InChI is InChI=1S/C14H12FN3O/c1-9-10(6-7-19-9)12-8-14(16)18(17-12)13-5-3-2-4-11(13)15/h2-8H,16H2,1H3. The molecule has 2 N–H and O–H groups in total. The number of nitrogens with two attached hydrogens (primary N) is 1. The Labute approximate surface area is 109 Å². The number of aryl methyl sites for hydroxylation is 1. The van der Waals surface area contributed by atoms with Crippen LogP contribution in [0.25, 0.3) is 16.9 Å². The van der Waals surface area contributed by atoms with Gasteiger partial charge < -0.3 is 10.2 Å². The molecule has 0 aliphatic carbocycles. The van der Waals surface area contributed by atoms with Crippen LogP contribution in [0.15, 0.2) is 47.1 Å². The van der Waals surface area contributed by atoms with Gasteiger partial charge in [0, 0.05) is 11.6 Å². The first kappa shape index (κ1) is 11.5. The lowest BCUT2D eigenvalue weighted by Gasteiger charge is -2.04. The number of anilines is 1. The maximum Gasteiger partial charge on any atom is 0.148 e. The van der Waals surface area contributed by atoms with Crippen LogP contribution >= 0.6 is 0 Å². The molecular weight excluding hydrogens is 245 g/mol. The number of para-hydroxylation sites is 1. The summed E-state index contributed by atoms with van der Waals surface area (Å²) in [6.45, 7) is 1.84. The molecule has 0 saturated carbocycles. The highest BCUT2D eigenvalue weighted by Crippen LogP contribution is 2.26. The molecule has 19 heavy (non-hydrogen) atoms. The van der Waals surface area contributed by atoms with Crippen molar-refractivity contribution in [2.75, 3.05) is 5.73 Å². The van der Waals surface area contributed by atoms with E-state index in [-0.39, 0.29) is 5.82 Å². The highest BCUT2D eigenvalue weighted by Gasteiger charge is 2.14. The highest BCUT2D eigenvalue weighted by molar-refractivity contribution is 5.65. The van der Waals surface area contributed by atoms with Crippen LogP contribution in [0.2, 0.25) is 0 Å². The molecule has 3 aromatic rings. The normalized spacial score (nSPS) is 10.8. The summed E-state index contributed by atoms with van der Waals surface area (Å²) in [4.78, 5) is 0. The molecule has 2 heterocycles. The van der Waals surface area contributed by atoms with Gasteiger partial charge in [0.1, 0.15) is 23.1 Å². The second-order valence-corrected chi connectivity index (χ2v) is 4.21. The minimum atomic E-state index is -0.368. The highest BCUT2D eigenvalue weighted by atomic mass is 19.1. The fourth-order valence-corrected chi connectivity index (χ4v) is 1.99. The minimum absolute atomic E-state index is 0.326. The molecule has 0 bridgehead atoms. The number of benzene rings is 1. The molecule has 0 amide bonds. The van der Waals surface area contributed by atoms with Crippen LogP contribution < -0.4 is 5.73 Å². The van der Waals surface area contributed by atoms with Gasteiger partial charge in [-0.2, -0.15) is 5.10 Å². The van der Waals surface area contributed by atoms with Crippen LogP contribution in [0, 0.1) is 12.7 Å². The molecule has 4 nitrogen and oxygen atoms in total. The zero-order chi connectivity index (χ0) is 13.4. The minimum Gasteiger partial charge on any atom is -0.469 e. The Morgan fingerprint density at radius 3 is 2.74 bits per heavy atom. The van der Waals surface area contributed by atoms with Gasteiger partial charge in [-0.15, -0.1) is 0 Å². The molecule has 0 saturated heterocycles. The van der Waals surface area contributed by atoms with Crippen LogP contribution in [-0.4, -0.2) is 9.78 Å². The third-order valence-electron chi connectivity index (χ3n) is 2.95. The average molecular weight is 257 g/mol. The number of rotatable bonds is 2. The van der Waals surface area contributed by atoms with Crippen LogP contribution in [0.5, 0.6) is 0 Å². The van der Waals surface area contributed by atoms with E-state index in [0.717, 1.165) is 11.3 Å². The van der Waals surface area contributed by atoms with Crippen molar-refractivity contribution in [2.24, 2.45) is 0 Å². The first-order valence-corrected chi connectivity index (χ1v) is 5.82. The SMILES string of the molecule is Cc1occc1-c1cc(N)n(-c2ccccc2F)n1. The molecular formula is C14H12FN3O. The zero-order valence-corrected chi connectivity index (χ0v) is 10.3. The summed E-state index contributed by atoms with van der Waals surface area (Å²) < 4.78 is 20.4. The predicted octanol–water partition coefficient (Wildman–Crippen LogP) is 3.16. The summed E-state index contributed by atoms with van der Waals surface area (Å²) in [5.41, 5.74) is 7.74. The summed E-state index contributed by atoms with van der Waals surface area (Å²) in [6.07, 6.45) is 1.59. The largest absolute Gasteiger partial charge is 0.469 e. The Kier molecular flexibility index (Phi) is 2.59. The van der Waals surface area contributed by atoms with Gasteiger partial charge in [-0.25, -0.2) is 9.07 Å². The molecule has 0 aliphatic rings. The van der Waals surface area contributed by atoms with Crippen LogP contribution in [0.3, 0.4) is 0 Å². The number of aromatic nitrogens is 2. The molecule has 0 fully saturated rings.